The van der Waals surface area contributed by atoms with E-state index in [0.717, 1.165) is 16.5 Å². The number of carbonyl (C=O) groups excluding carboxylic acids is 3. The molecule has 0 unspecified atom stereocenters. The Balaban J connectivity index is 1.57. The number of piperidine rings is 1. The zero-order valence-electron chi connectivity index (χ0n) is 31.6. The van der Waals surface area contributed by atoms with Crippen LogP contribution in [-0.2, 0) is 31.8 Å². The Morgan fingerprint density at radius 2 is 1.65 bits per heavy atom. The van der Waals surface area contributed by atoms with Crippen LogP contribution in [0.15, 0.2) is 66.7 Å². The van der Waals surface area contributed by atoms with Gasteiger partial charge in [-0.1, -0.05) is 24.3 Å². The van der Waals surface area contributed by atoms with Gasteiger partial charge in [0.15, 0.2) is 0 Å². The molecule has 0 atom stereocenters. The smallest absolute Gasteiger partial charge is 0.420 e. The molecule has 1 heterocycles. The van der Waals surface area contributed by atoms with Crippen molar-refractivity contribution in [3.63, 3.8) is 0 Å². The Hall–Kier alpha value is -5.71. The minimum absolute atomic E-state index is 0.0697. The third-order valence-corrected chi connectivity index (χ3v) is 8.39. The van der Waals surface area contributed by atoms with E-state index >= 15 is 0 Å². The molecule has 3 aromatic rings. The molecular weight excluding hydrogens is 719 g/mol. The Labute approximate surface area is 319 Å². The molecular formula is C41H46F3N3O8. The number of hydrogen-bond acceptors (Lipinski definition) is 9. The van der Waals surface area contributed by atoms with Gasteiger partial charge in [-0.15, -0.1) is 0 Å². The van der Waals surface area contributed by atoms with Crippen LogP contribution in [0.1, 0.15) is 75.6 Å². The number of alkyl halides is 3. The monoisotopic (exact) mass is 765 g/mol. The van der Waals surface area contributed by atoms with Gasteiger partial charge < -0.3 is 33.5 Å². The number of methoxy groups -OCH3 is 1. The molecule has 294 valence electrons. The summed E-state index contributed by atoms with van der Waals surface area (Å²) in [5.41, 5.74) is -0.126. The van der Waals surface area contributed by atoms with Crippen molar-refractivity contribution in [1.29, 1.82) is 5.26 Å². The number of anilines is 1. The summed E-state index contributed by atoms with van der Waals surface area (Å²) in [6.07, 6.45) is -2.76. The van der Waals surface area contributed by atoms with Crippen LogP contribution in [0.2, 0.25) is 0 Å². The van der Waals surface area contributed by atoms with Crippen LogP contribution >= 0.6 is 0 Å². The summed E-state index contributed by atoms with van der Waals surface area (Å²) in [6, 6.07) is 17.6. The van der Waals surface area contributed by atoms with Crippen molar-refractivity contribution in [3.05, 3.63) is 89.0 Å². The zero-order chi connectivity index (χ0) is 40.2. The Bertz CT molecular complexity index is 1860. The topological polar surface area (TPSA) is 128 Å². The predicted molar refractivity (Wildman–Crippen MR) is 199 cm³/mol. The Kier molecular flexibility index (Phi) is 14.6. The highest BCUT2D eigenvalue weighted by Gasteiger charge is 2.37. The Morgan fingerprint density at radius 3 is 2.27 bits per heavy atom. The van der Waals surface area contributed by atoms with Gasteiger partial charge in [0.1, 0.15) is 35.6 Å². The van der Waals surface area contributed by atoms with Crippen LogP contribution in [0, 0.1) is 11.3 Å². The quantitative estimate of drug-likeness (QED) is 0.149. The molecule has 55 heavy (non-hydrogen) atoms. The summed E-state index contributed by atoms with van der Waals surface area (Å²) in [5.74, 6) is -0.516. The molecule has 0 radical (unpaired) electrons. The second-order valence-corrected chi connectivity index (χ2v) is 13.7. The van der Waals surface area contributed by atoms with Crippen LogP contribution in [0.25, 0.3) is 6.08 Å². The molecule has 1 fully saturated rings. The maximum Gasteiger partial charge on any atom is 0.420 e. The van der Waals surface area contributed by atoms with Crippen LogP contribution in [-0.4, -0.2) is 67.9 Å². The van der Waals surface area contributed by atoms with Crippen molar-refractivity contribution in [2.24, 2.45) is 0 Å². The normalized spacial score (nSPS) is 13.5. The van der Waals surface area contributed by atoms with E-state index in [1.807, 2.05) is 12.1 Å². The lowest BCUT2D eigenvalue weighted by Gasteiger charge is -2.34. The van der Waals surface area contributed by atoms with Crippen molar-refractivity contribution in [1.82, 2.24) is 4.90 Å². The van der Waals surface area contributed by atoms with E-state index in [4.69, 9.17) is 23.7 Å². The molecule has 11 nitrogen and oxygen atoms in total. The van der Waals surface area contributed by atoms with Gasteiger partial charge in [-0.25, -0.2) is 4.79 Å². The molecule has 3 aromatic carbocycles. The number of benzene rings is 3. The third-order valence-electron chi connectivity index (χ3n) is 8.39. The van der Waals surface area contributed by atoms with Crippen LogP contribution < -0.4 is 19.1 Å². The molecule has 0 aliphatic carbocycles. The third kappa shape index (κ3) is 12.7. The number of likely N-dealkylation sites (tertiary alicyclic amines) is 1. The van der Waals surface area contributed by atoms with Crippen LogP contribution in [0.3, 0.4) is 0 Å². The molecule has 1 aliphatic heterocycles. The highest BCUT2D eigenvalue weighted by Crippen LogP contribution is 2.40. The summed E-state index contributed by atoms with van der Waals surface area (Å²) in [4.78, 5) is 40.8. The first-order valence-electron chi connectivity index (χ1n) is 17.9. The molecule has 0 spiro atoms. The highest BCUT2D eigenvalue weighted by atomic mass is 19.4. The number of amides is 2. The van der Waals surface area contributed by atoms with Gasteiger partial charge in [0.2, 0.25) is 5.91 Å². The summed E-state index contributed by atoms with van der Waals surface area (Å²) in [5, 5.41) is 9.54. The lowest BCUT2D eigenvalue weighted by atomic mass is 10.1. The van der Waals surface area contributed by atoms with E-state index < -0.39 is 47.2 Å². The number of carbonyl (C=O) groups is 3. The Morgan fingerprint density at radius 1 is 0.964 bits per heavy atom. The second-order valence-electron chi connectivity index (χ2n) is 13.7. The number of hydrogen-bond donors (Lipinski definition) is 0. The van der Waals surface area contributed by atoms with Crippen LogP contribution in [0.4, 0.5) is 23.7 Å². The highest BCUT2D eigenvalue weighted by molar-refractivity contribution is 5.95. The lowest BCUT2D eigenvalue weighted by molar-refractivity contribution is -0.144. The fourth-order valence-corrected chi connectivity index (χ4v) is 5.65. The van der Waals surface area contributed by atoms with Gasteiger partial charge in [0, 0.05) is 50.1 Å². The van der Waals surface area contributed by atoms with E-state index in [2.05, 4.69) is 6.07 Å². The molecule has 1 saturated heterocycles. The van der Waals surface area contributed by atoms with E-state index in [0.29, 0.717) is 35.5 Å². The van der Waals surface area contributed by atoms with Gasteiger partial charge >= 0.3 is 18.2 Å². The fraction of sp³-hybridized carbons (Fsp3) is 0.415. The van der Waals surface area contributed by atoms with E-state index in [1.54, 1.807) is 77.3 Å². The molecule has 4 rings (SSSR count). The summed E-state index contributed by atoms with van der Waals surface area (Å²) in [7, 11) is 1.57. The van der Waals surface area contributed by atoms with Gasteiger partial charge in [0.25, 0.3) is 0 Å². The standard InChI is InChI=1S/C41H46F3N3O8/c1-6-52-38(49)18-17-37(48)47(21-7-8-30-24-29(26-45)11-15-35(30)53-27-28-9-13-32(51-5)14-10-28)31-12-16-36(34(25-31)41(42,43)44)54-33-19-22-46(23-20-33)39(50)55-40(2,3)4/h7-16,24-25,33H,6,17-23,27H2,1-5H3. The van der Waals surface area contributed by atoms with Gasteiger partial charge in [0.05, 0.1) is 37.3 Å². The van der Waals surface area contributed by atoms with Crippen molar-refractivity contribution in [2.75, 3.05) is 38.3 Å². The first kappa shape index (κ1) is 42.0. The van der Waals surface area contributed by atoms with Crippen molar-refractivity contribution < 1.29 is 51.2 Å². The average Bonchev–Trinajstić information content (AvgIpc) is 3.14. The number of halogens is 3. The van der Waals surface area contributed by atoms with E-state index in [-0.39, 0.29) is 51.4 Å². The minimum atomic E-state index is -4.84. The molecule has 14 heteroatoms. The van der Waals surface area contributed by atoms with Crippen molar-refractivity contribution in [3.8, 4) is 23.3 Å². The number of ether oxygens (including phenoxy) is 5. The zero-order valence-corrected chi connectivity index (χ0v) is 31.6. The maximum absolute atomic E-state index is 14.6. The van der Waals surface area contributed by atoms with Crippen molar-refractivity contribution in [2.45, 2.75) is 77.9 Å². The van der Waals surface area contributed by atoms with Gasteiger partial charge in [-0.2, -0.15) is 18.4 Å². The molecule has 2 amide bonds. The molecule has 1 aliphatic rings. The average molecular weight is 766 g/mol. The van der Waals surface area contributed by atoms with E-state index in [9.17, 15) is 32.8 Å². The van der Waals surface area contributed by atoms with Gasteiger partial charge in [-0.3, -0.25) is 9.59 Å². The SMILES string of the molecule is CCOC(=O)CCC(=O)N(CC=Cc1cc(C#N)ccc1OCc1ccc(OC)cc1)c1ccc(OC2CCN(C(=O)OC(C)(C)C)CC2)c(C(F)(F)F)c1. The predicted octanol–water partition coefficient (Wildman–Crippen LogP) is 8.33. The molecule has 0 aromatic heterocycles. The molecule has 0 saturated carbocycles. The number of esters is 1. The number of nitrogens with zero attached hydrogens (tertiary/aromatic N) is 3. The summed E-state index contributed by atoms with van der Waals surface area (Å²) < 4.78 is 71.1. The minimum Gasteiger partial charge on any atom is -0.497 e. The van der Waals surface area contributed by atoms with Gasteiger partial charge in [-0.05, 0) is 81.8 Å². The maximum atomic E-state index is 14.6. The second kappa shape index (κ2) is 19.1. The largest absolute Gasteiger partial charge is 0.497 e. The van der Waals surface area contributed by atoms with Crippen LogP contribution in [0.5, 0.6) is 17.2 Å². The lowest BCUT2D eigenvalue weighted by Crippen LogP contribution is -2.44. The number of nitriles is 1. The van der Waals surface area contributed by atoms with E-state index in [1.165, 1.54) is 17.0 Å². The fourth-order valence-electron chi connectivity index (χ4n) is 5.65. The summed E-state index contributed by atoms with van der Waals surface area (Å²) >= 11 is 0. The number of rotatable bonds is 14. The van der Waals surface area contributed by atoms with Crippen molar-refractivity contribution >= 4 is 29.7 Å². The summed E-state index contributed by atoms with van der Waals surface area (Å²) in [6.45, 7) is 7.50. The molecule has 0 N–H and O–H groups in total. The first-order chi connectivity index (χ1) is 26.1. The first-order valence-corrected chi connectivity index (χ1v) is 17.9. The molecule has 0 bridgehead atoms.